The molecule has 0 fully saturated rings. The molecule has 2 aromatic heterocycles. The lowest BCUT2D eigenvalue weighted by Crippen LogP contribution is -2.05. The van der Waals surface area contributed by atoms with Crippen LogP contribution < -0.4 is 5.73 Å². The molecule has 2 N–H and O–H groups in total. The van der Waals surface area contributed by atoms with Gasteiger partial charge in [0.2, 0.25) is 5.95 Å². The van der Waals surface area contributed by atoms with Gasteiger partial charge in [-0.15, -0.1) is 0 Å². The number of nitrogen functional groups attached to an aromatic ring is 1. The lowest BCUT2D eigenvalue weighted by Gasteiger charge is -2.11. The second-order valence-electron chi connectivity index (χ2n) is 5.35. The number of hydrogen-bond donors (Lipinski definition) is 1. The van der Waals surface area contributed by atoms with Crippen LogP contribution in [0.2, 0.25) is 0 Å². The number of allylic oxidation sites excluding steroid dienone is 4. The Labute approximate surface area is 124 Å². The Morgan fingerprint density at radius 3 is 2.71 bits per heavy atom. The number of aromatic nitrogens is 4. The Bertz CT molecular complexity index is 704. The van der Waals surface area contributed by atoms with Crippen LogP contribution in [0, 0.1) is 13.8 Å². The summed E-state index contributed by atoms with van der Waals surface area (Å²) in [6.07, 6.45) is 11.0. The zero-order chi connectivity index (χ0) is 14.8. The molecule has 0 radical (unpaired) electrons. The van der Waals surface area contributed by atoms with Crippen molar-refractivity contribution in [2.45, 2.75) is 33.2 Å². The van der Waals surface area contributed by atoms with Gasteiger partial charge in [-0.1, -0.05) is 18.2 Å². The first kappa shape index (κ1) is 13.5. The van der Waals surface area contributed by atoms with Gasteiger partial charge in [0.15, 0.2) is 5.82 Å². The fraction of sp³-hybridized carbons (Fsp3) is 0.312. The topological polar surface area (TPSA) is 69.6 Å². The molecule has 5 nitrogen and oxygen atoms in total. The van der Waals surface area contributed by atoms with Crippen molar-refractivity contribution in [2.75, 3.05) is 5.73 Å². The van der Waals surface area contributed by atoms with E-state index >= 15 is 0 Å². The first-order chi connectivity index (χ1) is 10.1. The van der Waals surface area contributed by atoms with Crippen LogP contribution in [0.3, 0.4) is 0 Å². The van der Waals surface area contributed by atoms with Crippen molar-refractivity contribution in [3.63, 3.8) is 0 Å². The van der Waals surface area contributed by atoms with Crippen molar-refractivity contribution in [2.24, 2.45) is 0 Å². The number of anilines is 1. The highest BCUT2D eigenvalue weighted by atomic mass is 15.1. The molecule has 0 amide bonds. The first-order valence-corrected chi connectivity index (χ1v) is 7.13. The predicted octanol–water partition coefficient (Wildman–Crippen LogP) is 2.82. The Hall–Kier alpha value is -2.43. The van der Waals surface area contributed by atoms with Crippen molar-refractivity contribution in [3.8, 4) is 11.5 Å². The van der Waals surface area contributed by atoms with E-state index in [9.17, 15) is 0 Å². The fourth-order valence-electron chi connectivity index (χ4n) is 2.56. The molecule has 0 unspecified atom stereocenters. The maximum absolute atomic E-state index is 5.76. The van der Waals surface area contributed by atoms with E-state index in [0.29, 0.717) is 0 Å². The number of imidazole rings is 1. The van der Waals surface area contributed by atoms with Gasteiger partial charge in [0.1, 0.15) is 5.69 Å². The Morgan fingerprint density at radius 2 is 2.00 bits per heavy atom. The normalized spacial score (nSPS) is 14.3. The zero-order valence-corrected chi connectivity index (χ0v) is 12.4. The summed E-state index contributed by atoms with van der Waals surface area (Å²) in [5.74, 6) is 1.12. The molecular formula is C16H19N5. The highest BCUT2D eigenvalue weighted by Gasteiger charge is 2.12. The SMILES string of the molecule is Cc1cc(-c2nc(C)cn2CC2=CCCC=C2)nc(N)n1. The molecular weight excluding hydrogens is 262 g/mol. The molecule has 0 spiro atoms. The minimum absolute atomic E-state index is 0.286. The highest BCUT2D eigenvalue weighted by molar-refractivity contribution is 5.53. The van der Waals surface area contributed by atoms with Crippen molar-refractivity contribution < 1.29 is 0 Å². The van der Waals surface area contributed by atoms with Crippen LogP contribution in [0.25, 0.3) is 11.5 Å². The van der Waals surface area contributed by atoms with Crippen LogP contribution in [-0.4, -0.2) is 19.5 Å². The molecule has 0 aliphatic heterocycles. The minimum Gasteiger partial charge on any atom is -0.368 e. The van der Waals surface area contributed by atoms with E-state index in [4.69, 9.17) is 5.73 Å². The predicted molar refractivity (Wildman–Crippen MR) is 83.6 cm³/mol. The summed E-state index contributed by atoms with van der Waals surface area (Å²) >= 11 is 0. The molecule has 3 rings (SSSR count). The van der Waals surface area contributed by atoms with E-state index in [0.717, 1.165) is 42.3 Å². The van der Waals surface area contributed by atoms with Crippen molar-refractivity contribution in [1.29, 1.82) is 0 Å². The average Bonchev–Trinajstić information content (AvgIpc) is 2.80. The van der Waals surface area contributed by atoms with Gasteiger partial charge in [-0.3, -0.25) is 0 Å². The number of aryl methyl sites for hydroxylation is 2. The summed E-state index contributed by atoms with van der Waals surface area (Å²) in [6.45, 7) is 4.70. The van der Waals surface area contributed by atoms with Crippen molar-refractivity contribution in [3.05, 3.63) is 47.5 Å². The summed E-state index contributed by atoms with van der Waals surface area (Å²) < 4.78 is 2.12. The lowest BCUT2D eigenvalue weighted by molar-refractivity contribution is 0.789. The zero-order valence-electron chi connectivity index (χ0n) is 12.4. The third-order valence-corrected chi connectivity index (χ3v) is 3.42. The quantitative estimate of drug-likeness (QED) is 0.939. The minimum atomic E-state index is 0.286. The molecule has 1 aliphatic carbocycles. The van der Waals surface area contributed by atoms with Crippen molar-refractivity contribution >= 4 is 5.95 Å². The summed E-state index contributed by atoms with van der Waals surface area (Å²) in [7, 11) is 0. The van der Waals surface area contributed by atoms with Gasteiger partial charge in [0.05, 0.1) is 5.69 Å². The standard InChI is InChI=1S/C16H19N5/c1-11-8-14(20-16(17)19-11)15-18-12(2)9-21(15)10-13-6-4-3-5-7-13/h4,6-9H,3,5,10H2,1-2H3,(H2,17,19,20). The Kier molecular flexibility index (Phi) is 3.56. The third-order valence-electron chi connectivity index (χ3n) is 3.42. The number of rotatable bonds is 3. The molecule has 2 heterocycles. The van der Waals surface area contributed by atoms with E-state index in [1.54, 1.807) is 0 Å². The van der Waals surface area contributed by atoms with Gasteiger partial charge in [0.25, 0.3) is 0 Å². The van der Waals surface area contributed by atoms with E-state index in [1.165, 1.54) is 5.57 Å². The molecule has 2 aromatic rings. The maximum Gasteiger partial charge on any atom is 0.220 e. The molecule has 108 valence electrons. The highest BCUT2D eigenvalue weighted by Crippen LogP contribution is 2.21. The summed E-state index contributed by atoms with van der Waals surface area (Å²) in [5, 5.41) is 0. The number of nitrogens with zero attached hydrogens (tertiary/aromatic N) is 4. The van der Waals surface area contributed by atoms with E-state index in [1.807, 2.05) is 26.1 Å². The number of nitrogens with two attached hydrogens (primary N) is 1. The molecule has 1 aliphatic rings. The summed E-state index contributed by atoms with van der Waals surface area (Å²) in [4.78, 5) is 13.0. The third kappa shape index (κ3) is 3.02. The number of hydrogen-bond acceptors (Lipinski definition) is 4. The summed E-state index contributed by atoms with van der Waals surface area (Å²) in [5.41, 5.74) is 9.65. The van der Waals surface area contributed by atoms with E-state index < -0.39 is 0 Å². The van der Waals surface area contributed by atoms with Crippen LogP contribution in [0.15, 0.2) is 36.1 Å². The Balaban J connectivity index is 1.99. The van der Waals surface area contributed by atoms with Gasteiger partial charge < -0.3 is 10.3 Å². The van der Waals surface area contributed by atoms with E-state index in [-0.39, 0.29) is 5.95 Å². The molecule has 0 saturated heterocycles. The van der Waals surface area contributed by atoms with Crippen LogP contribution in [0.4, 0.5) is 5.95 Å². The summed E-state index contributed by atoms with van der Waals surface area (Å²) in [6, 6.07) is 1.92. The van der Waals surface area contributed by atoms with Crippen LogP contribution in [0.1, 0.15) is 24.2 Å². The van der Waals surface area contributed by atoms with Crippen LogP contribution >= 0.6 is 0 Å². The molecule has 21 heavy (non-hydrogen) atoms. The van der Waals surface area contributed by atoms with Gasteiger partial charge in [-0.05, 0) is 38.3 Å². The second-order valence-corrected chi connectivity index (χ2v) is 5.35. The molecule has 5 heteroatoms. The second kappa shape index (κ2) is 5.52. The monoisotopic (exact) mass is 281 g/mol. The van der Waals surface area contributed by atoms with Gasteiger partial charge in [-0.2, -0.15) is 0 Å². The first-order valence-electron chi connectivity index (χ1n) is 7.13. The lowest BCUT2D eigenvalue weighted by atomic mass is 10.1. The molecule has 0 atom stereocenters. The fourth-order valence-corrected chi connectivity index (χ4v) is 2.56. The van der Waals surface area contributed by atoms with Crippen LogP contribution in [-0.2, 0) is 6.54 Å². The largest absolute Gasteiger partial charge is 0.368 e. The average molecular weight is 281 g/mol. The smallest absolute Gasteiger partial charge is 0.220 e. The van der Waals surface area contributed by atoms with E-state index in [2.05, 4.69) is 37.7 Å². The van der Waals surface area contributed by atoms with Crippen molar-refractivity contribution in [1.82, 2.24) is 19.5 Å². The molecule has 0 aromatic carbocycles. The van der Waals surface area contributed by atoms with Gasteiger partial charge in [0, 0.05) is 18.4 Å². The maximum atomic E-state index is 5.76. The molecule has 0 saturated carbocycles. The van der Waals surface area contributed by atoms with Gasteiger partial charge in [-0.25, -0.2) is 15.0 Å². The Morgan fingerprint density at radius 1 is 1.14 bits per heavy atom. The van der Waals surface area contributed by atoms with Crippen LogP contribution in [0.5, 0.6) is 0 Å². The van der Waals surface area contributed by atoms with Gasteiger partial charge >= 0.3 is 0 Å². The molecule has 0 bridgehead atoms.